The van der Waals surface area contributed by atoms with Crippen molar-refractivity contribution in [3.63, 3.8) is 0 Å². The van der Waals surface area contributed by atoms with Crippen molar-refractivity contribution in [2.45, 2.75) is 10.1 Å². The van der Waals surface area contributed by atoms with Crippen LogP contribution in [0.5, 0.6) is 0 Å². The summed E-state index contributed by atoms with van der Waals surface area (Å²) in [5.74, 6) is -0.989. The lowest BCUT2D eigenvalue weighted by atomic mass is 10.3. The molecule has 5 heteroatoms. The molecule has 0 saturated carbocycles. The topological polar surface area (TPSA) is 59.4 Å². The normalized spacial score (nSPS) is 16.3. The van der Waals surface area contributed by atoms with Gasteiger partial charge in [-0.25, -0.2) is 9.78 Å². The van der Waals surface area contributed by atoms with Crippen LogP contribution in [0.3, 0.4) is 0 Å². The zero-order valence-corrected chi connectivity index (χ0v) is 8.16. The van der Waals surface area contributed by atoms with E-state index in [4.69, 9.17) is 9.84 Å². The van der Waals surface area contributed by atoms with Crippen LogP contribution >= 0.6 is 11.8 Å². The van der Waals surface area contributed by atoms with Crippen LogP contribution in [0, 0.1) is 0 Å². The molecule has 0 radical (unpaired) electrons. The van der Waals surface area contributed by atoms with Crippen LogP contribution in [0.4, 0.5) is 0 Å². The van der Waals surface area contributed by atoms with Gasteiger partial charge in [-0.05, 0) is 12.1 Å². The summed E-state index contributed by atoms with van der Waals surface area (Å²) in [4.78, 5) is 15.3. The van der Waals surface area contributed by atoms with Crippen molar-refractivity contribution in [3.05, 3.63) is 24.0 Å². The third kappa shape index (κ3) is 2.05. The third-order valence-electron chi connectivity index (χ3n) is 1.86. The first-order valence-electron chi connectivity index (χ1n) is 4.19. The first-order valence-corrected chi connectivity index (χ1v) is 5.07. The molecule has 0 atom stereocenters. The Bertz CT molecular complexity index is 352. The number of rotatable bonds is 3. The maximum Gasteiger partial charge on any atom is 0.354 e. The molecule has 0 aliphatic carbocycles. The van der Waals surface area contributed by atoms with Gasteiger partial charge in [0.2, 0.25) is 0 Å². The lowest BCUT2D eigenvalue weighted by Gasteiger charge is -2.25. The minimum atomic E-state index is -0.989. The first kappa shape index (κ1) is 9.48. The van der Waals surface area contributed by atoms with E-state index in [1.165, 1.54) is 6.20 Å². The van der Waals surface area contributed by atoms with E-state index < -0.39 is 5.97 Å². The van der Waals surface area contributed by atoms with Crippen molar-refractivity contribution < 1.29 is 14.6 Å². The van der Waals surface area contributed by atoms with Crippen LogP contribution in [0.15, 0.2) is 23.2 Å². The lowest BCUT2D eigenvalue weighted by Crippen LogP contribution is -2.30. The fraction of sp³-hybridized carbons (Fsp3) is 0.333. The van der Waals surface area contributed by atoms with Crippen LogP contribution in [-0.2, 0) is 4.74 Å². The van der Waals surface area contributed by atoms with Gasteiger partial charge in [0.15, 0.2) is 0 Å². The number of pyridine rings is 1. The Morgan fingerprint density at radius 3 is 3.00 bits per heavy atom. The van der Waals surface area contributed by atoms with Gasteiger partial charge in [-0.15, -0.1) is 11.8 Å². The summed E-state index contributed by atoms with van der Waals surface area (Å²) < 4.78 is 5.03. The fourth-order valence-electron chi connectivity index (χ4n) is 1.08. The molecule has 4 nitrogen and oxygen atoms in total. The standard InChI is InChI=1S/C9H9NO3S/c11-9(12)8-3-6(1-2-10-8)14-7-4-13-5-7/h1-3,7H,4-5H2,(H,11,12). The van der Waals surface area contributed by atoms with Gasteiger partial charge in [0.05, 0.1) is 18.5 Å². The van der Waals surface area contributed by atoms with Crippen molar-refractivity contribution in [2.75, 3.05) is 13.2 Å². The number of hydrogen-bond acceptors (Lipinski definition) is 4. The summed E-state index contributed by atoms with van der Waals surface area (Å²) in [5.41, 5.74) is 0.0928. The average molecular weight is 211 g/mol. The smallest absolute Gasteiger partial charge is 0.354 e. The number of ether oxygens (including phenoxy) is 1. The van der Waals surface area contributed by atoms with E-state index in [-0.39, 0.29) is 5.69 Å². The Kier molecular flexibility index (Phi) is 2.69. The SMILES string of the molecule is O=C(O)c1cc(SC2COC2)ccn1. The van der Waals surface area contributed by atoms with E-state index in [0.29, 0.717) is 5.25 Å². The summed E-state index contributed by atoms with van der Waals surface area (Å²) in [6.07, 6.45) is 1.52. The van der Waals surface area contributed by atoms with Gasteiger partial charge in [-0.3, -0.25) is 0 Å². The second-order valence-electron chi connectivity index (χ2n) is 2.96. The van der Waals surface area contributed by atoms with Crippen molar-refractivity contribution in [1.29, 1.82) is 0 Å². The van der Waals surface area contributed by atoms with Crippen molar-refractivity contribution in [2.24, 2.45) is 0 Å². The number of hydrogen-bond donors (Lipinski definition) is 1. The molecule has 0 unspecified atom stereocenters. The van der Waals surface area contributed by atoms with E-state index in [9.17, 15) is 4.79 Å². The number of carboxylic acids is 1. The third-order valence-corrected chi connectivity index (χ3v) is 2.99. The number of aromatic nitrogens is 1. The molecule has 1 aromatic heterocycles. The van der Waals surface area contributed by atoms with Crippen molar-refractivity contribution in [3.8, 4) is 0 Å². The van der Waals surface area contributed by atoms with Gasteiger partial charge in [-0.2, -0.15) is 0 Å². The zero-order valence-electron chi connectivity index (χ0n) is 7.34. The molecule has 2 heterocycles. The molecule has 1 aliphatic heterocycles. The Morgan fingerprint density at radius 2 is 2.43 bits per heavy atom. The number of aromatic carboxylic acids is 1. The molecule has 1 saturated heterocycles. The van der Waals surface area contributed by atoms with Gasteiger partial charge in [0.1, 0.15) is 5.69 Å². The highest BCUT2D eigenvalue weighted by Crippen LogP contribution is 2.27. The van der Waals surface area contributed by atoms with Crippen molar-refractivity contribution >= 4 is 17.7 Å². The highest BCUT2D eigenvalue weighted by Gasteiger charge is 2.19. The average Bonchev–Trinajstić information content (AvgIpc) is 2.12. The quantitative estimate of drug-likeness (QED) is 0.815. The molecule has 74 valence electrons. The summed E-state index contributed by atoms with van der Waals surface area (Å²) in [6, 6.07) is 3.40. The van der Waals surface area contributed by atoms with Crippen LogP contribution in [0.2, 0.25) is 0 Å². The predicted octanol–water partition coefficient (Wildman–Crippen LogP) is 1.27. The van der Waals surface area contributed by atoms with Gasteiger partial charge in [-0.1, -0.05) is 0 Å². The second-order valence-corrected chi connectivity index (χ2v) is 4.33. The molecule has 1 N–H and O–H groups in total. The minimum absolute atomic E-state index is 0.0928. The van der Waals surface area contributed by atoms with Gasteiger partial charge < -0.3 is 9.84 Å². The van der Waals surface area contributed by atoms with Crippen molar-refractivity contribution in [1.82, 2.24) is 4.98 Å². The van der Waals surface area contributed by atoms with Gasteiger partial charge in [0.25, 0.3) is 0 Å². The van der Waals surface area contributed by atoms with Gasteiger partial charge >= 0.3 is 5.97 Å². The number of nitrogens with zero attached hydrogens (tertiary/aromatic N) is 1. The highest BCUT2D eigenvalue weighted by atomic mass is 32.2. The van der Waals surface area contributed by atoms with Crippen LogP contribution in [-0.4, -0.2) is 34.5 Å². The van der Waals surface area contributed by atoms with Crippen LogP contribution < -0.4 is 0 Å². The Balaban J connectivity index is 2.09. The summed E-state index contributed by atoms with van der Waals surface area (Å²) in [6.45, 7) is 1.49. The second kappa shape index (κ2) is 3.98. The maximum absolute atomic E-state index is 10.6. The minimum Gasteiger partial charge on any atom is -0.477 e. The lowest BCUT2D eigenvalue weighted by molar-refractivity contribution is 0.0455. The van der Waals surface area contributed by atoms with E-state index in [0.717, 1.165) is 18.1 Å². The number of thioether (sulfide) groups is 1. The van der Waals surface area contributed by atoms with E-state index in [2.05, 4.69) is 4.98 Å². The molecular formula is C9H9NO3S. The summed E-state index contributed by atoms with van der Waals surface area (Å²) >= 11 is 1.63. The molecule has 0 spiro atoms. The molecule has 1 aromatic rings. The van der Waals surface area contributed by atoms with E-state index >= 15 is 0 Å². The Morgan fingerprint density at radius 1 is 1.64 bits per heavy atom. The number of carboxylic acid groups (broad SMARTS) is 1. The van der Waals surface area contributed by atoms with Crippen LogP contribution in [0.25, 0.3) is 0 Å². The monoisotopic (exact) mass is 211 g/mol. The molecular weight excluding hydrogens is 202 g/mol. The Labute approximate surface area is 85.3 Å². The van der Waals surface area contributed by atoms with Crippen LogP contribution in [0.1, 0.15) is 10.5 Å². The predicted molar refractivity (Wildman–Crippen MR) is 51.7 cm³/mol. The fourth-order valence-corrected chi connectivity index (χ4v) is 2.11. The molecule has 1 aliphatic rings. The molecule has 2 rings (SSSR count). The summed E-state index contributed by atoms with van der Waals surface area (Å²) in [7, 11) is 0. The molecule has 1 fully saturated rings. The molecule has 0 amide bonds. The molecule has 0 aromatic carbocycles. The van der Waals surface area contributed by atoms with E-state index in [1.807, 2.05) is 6.07 Å². The van der Waals surface area contributed by atoms with Gasteiger partial charge in [0, 0.05) is 11.1 Å². The zero-order chi connectivity index (χ0) is 9.97. The largest absolute Gasteiger partial charge is 0.477 e. The number of carbonyl (C=O) groups is 1. The molecule has 14 heavy (non-hydrogen) atoms. The Hall–Kier alpha value is -1.07. The maximum atomic E-state index is 10.6. The van der Waals surface area contributed by atoms with E-state index in [1.54, 1.807) is 17.8 Å². The first-order chi connectivity index (χ1) is 6.75. The highest BCUT2D eigenvalue weighted by molar-refractivity contribution is 8.00. The molecule has 0 bridgehead atoms. The summed E-state index contributed by atoms with van der Waals surface area (Å²) in [5, 5.41) is 9.18.